The fourth-order valence-electron chi connectivity index (χ4n) is 7.17. The molecule has 0 aromatic carbocycles. The smallest absolute Gasteiger partial charge is 0.306 e. The van der Waals surface area contributed by atoms with Gasteiger partial charge in [-0.3, -0.25) is 14.4 Å². The van der Waals surface area contributed by atoms with Crippen molar-refractivity contribution in [3.63, 3.8) is 0 Å². The van der Waals surface area contributed by atoms with E-state index in [-0.39, 0.29) is 31.1 Å². The highest BCUT2D eigenvalue weighted by molar-refractivity contribution is 5.71. The zero-order valence-corrected chi connectivity index (χ0v) is 37.7. The van der Waals surface area contributed by atoms with Crippen molar-refractivity contribution in [2.45, 2.75) is 266 Å². The Morgan fingerprint density at radius 2 is 0.636 bits per heavy atom. The second-order valence-corrected chi connectivity index (χ2v) is 17.7. The molecule has 0 amide bonds. The first-order valence-electron chi connectivity index (χ1n) is 24.2. The van der Waals surface area contributed by atoms with Crippen molar-refractivity contribution < 1.29 is 28.6 Å². The summed E-state index contributed by atoms with van der Waals surface area (Å²) in [6.45, 7) is 13.7. The van der Waals surface area contributed by atoms with E-state index in [2.05, 4.69) is 41.5 Å². The van der Waals surface area contributed by atoms with E-state index in [1.807, 2.05) is 0 Å². The van der Waals surface area contributed by atoms with E-state index in [4.69, 9.17) is 14.2 Å². The van der Waals surface area contributed by atoms with Crippen LogP contribution in [0, 0.1) is 17.8 Å². The molecule has 55 heavy (non-hydrogen) atoms. The fraction of sp³-hybridized carbons (Fsp3) is 0.939. The Morgan fingerprint density at radius 1 is 0.364 bits per heavy atom. The van der Waals surface area contributed by atoms with E-state index in [9.17, 15) is 14.4 Å². The molecule has 0 aliphatic heterocycles. The van der Waals surface area contributed by atoms with Gasteiger partial charge in [-0.05, 0) is 37.0 Å². The molecular formula is C49H94O6. The summed E-state index contributed by atoms with van der Waals surface area (Å²) in [5, 5.41) is 0. The average molecular weight is 779 g/mol. The molecule has 0 bridgehead atoms. The molecule has 0 saturated carbocycles. The first kappa shape index (κ1) is 53.4. The molecule has 0 saturated heterocycles. The van der Waals surface area contributed by atoms with E-state index in [1.165, 1.54) is 141 Å². The Hall–Kier alpha value is -1.59. The molecule has 0 spiro atoms. The molecule has 0 aliphatic carbocycles. The number of hydrogen-bond acceptors (Lipinski definition) is 6. The van der Waals surface area contributed by atoms with Gasteiger partial charge in [0.1, 0.15) is 13.2 Å². The van der Waals surface area contributed by atoms with Crippen molar-refractivity contribution in [3.8, 4) is 0 Å². The van der Waals surface area contributed by atoms with Gasteiger partial charge in [-0.15, -0.1) is 0 Å². The second-order valence-electron chi connectivity index (χ2n) is 17.7. The third-order valence-electron chi connectivity index (χ3n) is 11.6. The highest BCUT2D eigenvalue weighted by atomic mass is 16.6. The topological polar surface area (TPSA) is 78.9 Å². The molecular weight excluding hydrogens is 685 g/mol. The maximum absolute atomic E-state index is 12.7. The maximum Gasteiger partial charge on any atom is 0.306 e. The molecule has 326 valence electrons. The predicted octanol–water partition coefficient (Wildman–Crippen LogP) is 15.2. The van der Waals surface area contributed by atoms with Crippen LogP contribution in [0.4, 0.5) is 0 Å². The van der Waals surface area contributed by atoms with Crippen molar-refractivity contribution in [3.05, 3.63) is 0 Å². The van der Waals surface area contributed by atoms with Crippen molar-refractivity contribution in [2.75, 3.05) is 13.2 Å². The highest BCUT2D eigenvalue weighted by Gasteiger charge is 2.19. The molecule has 0 aliphatic rings. The molecule has 0 rings (SSSR count). The lowest BCUT2D eigenvalue weighted by Gasteiger charge is -2.18. The Morgan fingerprint density at radius 3 is 0.945 bits per heavy atom. The van der Waals surface area contributed by atoms with Gasteiger partial charge in [0.05, 0.1) is 0 Å². The van der Waals surface area contributed by atoms with E-state index >= 15 is 0 Å². The minimum Gasteiger partial charge on any atom is -0.462 e. The Balaban J connectivity index is 4.34. The lowest BCUT2D eigenvalue weighted by atomic mass is 9.99. The number of unbranched alkanes of at least 4 members (excludes halogenated alkanes) is 23. The van der Waals surface area contributed by atoms with Gasteiger partial charge in [-0.1, -0.05) is 221 Å². The van der Waals surface area contributed by atoms with Crippen LogP contribution in [0.15, 0.2) is 0 Å². The van der Waals surface area contributed by atoms with Crippen LogP contribution in [0.5, 0.6) is 0 Å². The zero-order chi connectivity index (χ0) is 40.6. The molecule has 2 unspecified atom stereocenters. The third kappa shape index (κ3) is 40.4. The number of rotatable bonds is 42. The van der Waals surface area contributed by atoms with Gasteiger partial charge in [0.15, 0.2) is 6.10 Å². The number of carbonyl (C=O) groups is 3. The number of ether oxygens (including phenoxy) is 3. The molecule has 0 N–H and O–H groups in total. The Labute approximate surface area is 342 Å². The standard InChI is InChI=1S/C49H94O6/c1-7-44(5)36-30-24-18-14-10-12-15-19-26-32-38-47(50)53-41-46(42-54-48(51)39-33-27-22-21-25-31-37-45(6)8-2)55-49(52)40-34-28-20-16-11-9-13-17-23-29-35-43(3)4/h43-46H,7-42H2,1-6H3/t44?,45?,46-/m1/s1. The summed E-state index contributed by atoms with van der Waals surface area (Å²) >= 11 is 0. The summed E-state index contributed by atoms with van der Waals surface area (Å²) in [5.41, 5.74) is 0. The first-order valence-corrected chi connectivity index (χ1v) is 24.2. The van der Waals surface area contributed by atoms with Gasteiger partial charge in [-0.25, -0.2) is 0 Å². The lowest BCUT2D eigenvalue weighted by Crippen LogP contribution is -2.30. The van der Waals surface area contributed by atoms with Gasteiger partial charge in [0, 0.05) is 19.3 Å². The van der Waals surface area contributed by atoms with E-state index in [1.54, 1.807) is 0 Å². The summed E-state index contributed by atoms with van der Waals surface area (Å²) in [6.07, 6.45) is 38.0. The van der Waals surface area contributed by atoms with Crippen molar-refractivity contribution in [1.29, 1.82) is 0 Å². The quantitative estimate of drug-likeness (QED) is 0.0349. The van der Waals surface area contributed by atoms with E-state index < -0.39 is 6.10 Å². The molecule has 0 radical (unpaired) electrons. The SMILES string of the molecule is CCC(C)CCCCCCCCCCCCC(=O)OC[C@H](COC(=O)CCCCCCCCC(C)CC)OC(=O)CCCCCCCCCCCCC(C)C. The van der Waals surface area contributed by atoms with Crippen LogP contribution in [-0.4, -0.2) is 37.2 Å². The van der Waals surface area contributed by atoms with Crippen LogP contribution < -0.4 is 0 Å². The van der Waals surface area contributed by atoms with Crippen LogP contribution in [0.25, 0.3) is 0 Å². The van der Waals surface area contributed by atoms with Gasteiger partial charge < -0.3 is 14.2 Å². The summed E-state index contributed by atoms with van der Waals surface area (Å²) in [7, 11) is 0. The van der Waals surface area contributed by atoms with Crippen LogP contribution in [0.2, 0.25) is 0 Å². The highest BCUT2D eigenvalue weighted by Crippen LogP contribution is 2.18. The number of carbonyl (C=O) groups excluding carboxylic acids is 3. The first-order chi connectivity index (χ1) is 26.7. The predicted molar refractivity (Wildman–Crippen MR) is 233 cm³/mol. The molecule has 0 aromatic rings. The van der Waals surface area contributed by atoms with Crippen LogP contribution >= 0.6 is 0 Å². The number of esters is 3. The summed E-state index contributed by atoms with van der Waals surface area (Å²) in [5.74, 6) is 1.64. The normalized spacial score (nSPS) is 13.1. The van der Waals surface area contributed by atoms with Gasteiger partial charge >= 0.3 is 17.9 Å². The van der Waals surface area contributed by atoms with Crippen molar-refractivity contribution >= 4 is 17.9 Å². The van der Waals surface area contributed by atoms with Crippen LogP contribution in [0.3, 0.4) is 0 Å². The molecule has 3 atom stereocenters. The molecule has 6 nitrogen and oxygen atoms in total. The monoisotopic (exact) mass is 779 g/mol. The summed E-state index contributed by atoms with van der Waals surface area (Å²) in [4.78, 5) is 37.8. The molecule has 6 heteroatoms. The van der Waals surface area contributed by atoms with E-state index in [0.29, 0.717) is 19.3 Å². The number of hydrogen-bond donors (Lipinski definition) is 0. The summed E-state index contributed by atoms with van der Waals surface area (Å²) < 4.78 is 16.8. The average Bonchev–Trinajstić information content (AvgIpc) is 3.17. The Kier molecular flexibility index (Phi) is 39.4. The lowest BCUT2D eigenvalue weighted by molar-refractivity contribution is -0.167. The minimum atomic E-state index is -0.763. The van der Waals surface area contributed by atoms with E-state index in [0.717, 1.165) is 75.5 Å². The minimum absolute atomic E-state index is 0.0661. The van der Waals surface area contributed by atoms with Gasteiger partial charge in [-0.2, -0.15) is 0 Å². The van der Waals surface area contributed by atoms with Crippen molar-refractivity contribution in [1.82, 2.24) is 0 Å². The molecule has 0 heterocycles. The fourth-order valence-corrected chi connectivity index (χ4v) is 7.17. The largest absolute Gasteiger partial charge is 0.462 e. The maximum atomic E-state index is 12.7. The summed E-state index contributed by atoms with van der Waals surface area (Å²) in [6, 6.07) is 0. The Bertz CT molecular complexity index is 856. The van der Waals surface area contributed by atoms with Crippen LogP contribution in [0.1, 0.15) is 260 Å². The van der Waals surface area contributed by atoms with Crippen LogP contribution in [-0.2, 0) is 28.6 Å². The molecule has 0 aromatic heterocycles. The zero-order valence-electron chi connectivity index (χ0n) is 37.7. The molecule has 0 fully saturated rings. The van der Waals surface area contributed by atoms with Gasteiger partial charge in [0.25, 0.3) is 0 Å². The van der Waals surface area contributed by atoms with Crippen molar-refractivity contribution in [2.24, 2.45) is 17.8 Å². The third-order valence-corrected chi connectivity index (χ3v) is 11.6. The van der Waals surface area contributed by atoms with Gasteiger partial charge in [0.2, 0.25) is 0 Å². The second kappa shape index (κ2) is 40.6.